The molecule has 1 aliphatic heterocycles. The van der Waals surface area contributed by atoms with Gasteiger partial charge in [-0.2, -0.15) is 0 Å². The number of amides is 2. The summed E-state index contributed by atoms with van der Waals surface area (Å²) in [6, 6.07) is 5.58. The largest absolute Gasteiger partial charge is 0.481 e. The molecule has 7 nitrogen and oxygen atoms in total. The molecule has 0 saturated carbocycles. The molecule has 148 valence electrons. The van der Waals surface area contributed by atoms with Crippen LogP contribution < -0.4 is 10.6 Å². The van der Waals surface area contributed by atoms with Crippen LogP contribution in [0, 0.1) is 11.3 Å². The summed E-state index contributed by atoms with van der Waals surface area (Å²) < 4.78 is 5.23. The van der Waals surface area contributed by atoms with E-state index in [1.54, 1.807) is 24.3 Å². The number of aliphatic carboxylic acids is 1. The molecule has 1 saturated heterocycles. The van der Waals surface area contributed by atoms with Crippen molar-refractivity contribution in [3.8, 4) is 0 Å². The molecular weight excluding hydrogens is 372 g/mol. The Balaban J connectivity index is 2.02. The van der Waals surface area contributed by atoms with Crippen molar-refractivity contribution in [2.24, 2.45) is 11.3 Å². The Morgan fingerprint density at radius 3 is 2.30 bits per heavy atom. The minimum atomic E-state index is -1.03. The van der Waals surface area contributed by atoms with Crippen LogP contribution in [0.5, 0.6) is 0 Å². The van der Waals surface area contributed by atoms with Crippen molar-refractivity contribution in [1.29, 1.82) is 0 Å². The minimum Gasteiger partial charge on any atom is -0.481 e. The Kier molecular flexibility index (Phi) is 7.21. The summed E-state index contributed by atoms with van der Waals surface area (Å²) in [7, 11) is 0. The normalized spacial score (nSPS) is 17.2. The third kappa shape index (κ3) is 5.43. The smallest absolute Gasteiger partial charge is 0.311 e. The third-order valence-electron chi connectivity index (χ3n) is 4.85. The summed E-state index contributed by atoms with van der Waals surface area (Å²) in [5, 5.41) is 15.5. The molecular formula is C19H25ClN2O5. The van der Waals surface area contributed by atoms with E-state index in [1.807, 2.05) is 13.8 Å². The quantitative estimate of drug-likeness (QED) is 0.654. The molecule has 0 bridgehead atoms. The highest BCUT2D eigenvalue weighted by atomic mass is 35.5. The fourth-order valence-electron chi connectivity index (χ4n) is 2.96. The van der Waals surface area contributed by atoms with Gasteiger partial charge in [-0.15, -0.1) is 0 Å². The summed E-state index contributed by atoms with van der Waals surface area (Å²) >= 11 is 5.82. The first-order chi connectivity index (χ1) is 12.7. The van der Waals surface area contributed by atoms with Crippen molar-refractivity contribution in [1.82, 2.24) is 10.6 Å². The highest BCUT2D eigenvalue weighted by Gasteiger charge is 2.41. The molecule has 0 radical (unpaired) electrons. The van der Waals surface area contributed by atoms with Crippen LogP contribution in [0.15, 0.2) is 24.3 Å². The number of halogens is 1. The number of carbonyl (C=O) groups excluding carboxylic acids is 2. The molecule has 1 heterocycles. The molecule has 1 unspecified atom stereocenters. The van der Waals surface area contributed by atoms with Gasteiger partial charge in [0.2, 0.25) is 5.91 Å². The van der Waals surface area contributed by atoms with E-state index in [1.165, 1.54) is 0 Å². The van der Waals surface area contributed by atoms with Crippen molar-refractivity contribution in [3.63, 3.8) is 0 Å². The average Bonchev–Trinajstić information content (AvgIpc) is 2.65. The Morgan fingerprint density at radius 1 is 1.19 bits per heavy atom. The first-order valence-electron chi connectivity index (χ1n) is 8.90. The van der Waals surface area contributed by atoms with Gasteiger partial charge in [-0.05, 0) is 43.0 Å². The van der Waals surface area contributed by atoms with Crippen LogP contribution in [-0.4, -0.2) is 48.7 Å². The predicted octanol–water partition coefficient (Wildman–Crippen LogP) is 2.09. The van der Waals surface area contributed by atoms with Gasteiger partial charge in [0.25, 0.3) is 5.91 Å². The third-order valence-corrected chi connectivity index (χ3v) is 5.10. The van der Waals surface area contributed by atoms with Crippen LogP contribution in [0.2, 0.25) is 5.02 Å². The van der Waals surface area contributed by atoms with Gasteiger partial charge in [-0.1, -0.05) is 25.4 Å². The Hall–Kier alpha value is -2.12. The summed E-state index contributed by atoms with van der Waals surface area (Å²) in [6.07, 6.45) is 0.679. The maximum atomic E-state index is 12.6. The summed E-state index contributed by atoms with van der Waals surface area (Å²) in [5.74, 6) is -1.91. The SMILES string of the molecule is CC(C)C(NC(=O)c1ccc(Cl)cc1)C(=O)NCC1(C(=O)O)CCOCC1. The second-order valence-corrected chi connectivity index (χ2v) is 7.55. The fraction of sp³-hybridized carbons (Fsp3) is 0.526. The molecule has 2 amide bonds. The van der Waals surface area contributed by atoms with Crippen LogP contribution in [0.4, 0.5) is 0 Å². The predicted molar refractivity (Wildman–Crippen MR) is 101 cm³/mol. The van der Waals surface area contributed by atoms with Gasteiger partial charge in [0, 0.05) is 30.3 Å². The zero-order chi connectivity index (χ0) is 20.0. The topological polar surface area (TPSA) is 105 Å². The number of carboxylic acids is 1. The molecule has 0 spiro atoms. The van der Waals surface area contributed by atoms with E-state index in [-0.39, 0.29) is 18.4 Å². The van der Waals surface area contributed by atoms with Gasteiger partial charge >= 0.3 is 5.97 Å². The Bertz CT molecular complexity index is 684. The van der Waals surface area contributed by atoms with Gasteiger partial charge in [-0.3, -0.25) is 14.4 Å². The lowest BCUT2D eigenvalue weighted by Gasteiger charge is -2.34. The average molecular weight is 397 g/mol. The number of carbonyl (C=O) groups is 3. The zero-order valence-electron chi connectivity index (χ0n) is 15.5. The number of benzene rings is 1. The van der Waals surface area contributed by atoms with Crippen LogP contribution in [-0.2, 0) is 14.3 Å². The minimum absolute atomic E-state index is 0.00453. The molecule has 27 heavy (non-hydrogen) atoms. The number of nitrogens with one attached hydrogen (secondary N) is 2. The van der Waals surface area contributed by atoms with Crippen LogP contribution in [0.25, 0.3) is 0 Å². The van der Waals surface area contributed by atoms with Gasteiger partial charge in [0.05, 0.1) is 5.41 Å². The van der Waals surface area contributed by atoms with E-state index in [0.29, 0.717) is 36.6 Å². The van der Waals surface area contributed by atoms with Gasteiger partial charge in [-0.25, -0.2) is 0 Å². The monoisotopic (exact) mass is 396 g/mol. The highest BCUT2D eigenvalue weighted by molar-refractivity contribution is 6.30. The van der Waals surface area contributed by atoms with E-state index in [4.69, 9.17) is 16.3 Å². The standard InChI is InChI=1S/C19H25ClN2O5/c1-12(2)15(22-16(23)13-3-5-14(20)6-4-13)17(24)21-11-19(18(25)26)7-9-27-10-8-19/h3-6,12,15H,7-11H2,1-2H3,(H,21,24)(H,22,23)(H,25,26). The second-order valence-electron chi connectivity index (χ2n) is 7.12. The highest BCUT2D eigenvalue weighted by Crippen LogP contribution is 2.30. The van der Waals surface area contributed by atoms with E-state index < -0.39 is 23.3 Å². The van der Waals surface area contributed by atoms with Crippen molar-refractivity contribution < 1.29 is 24.2 Å². The lowest BCUT2D eigenvalue weighted by atomic mass is 9.80. The number of carboxylic acid groups (broad SMARTS) is 1. The molecule has 1 aromatic carbocycles. The van der Waals surface area contributed by atoms with E-state index in [2.05, 4.69) is 10.6 Å². The van der Waals surface area contributed by atoms with Gasteiger partial charge < -0.3 is 20.5 Å². The Morgan fingerprint density at radius 2 is 1.78 bits per heavy atom. The van der Waals surface area contributed by atoms with Gasteiger partial charge in [0.15, 0.2) is 0 Å². The van der Waals surface area contributed by atoms with E-state index >= 15 is 0 Å². The van der Waals surface area contributed by atoms with Crippen molar-refractivity contribution in [3.05, 3.63) is 34.9 Å². The number of hydrogen-bond acceptors (Lipinski definition) is 4. The number of ether oxygens (including phenoxy) is 1. The van der Waals surface area contributed by atoms with Crippen molar-refractivity contribution >= 4 is 29.4 Å². The first kappa shape index (κ1) is 21.2. The first-order valence-corrected chi connectivity index (χ1v) is 9.28. The van der Waals surface area contributed by atoms with Crippen LogP contribution >= 0.6 is 11.6 Å². The molecule has 0 aromatic heterocycles. The van der Waals surface area contributed by atoms with Crippen molar-refractivity contribution in [2.45, 2.75) is 32.7 Å². The summed E-state index contributed by atoms with van der Waals surface area (Å²) in [6.45, 7) is 4.33. The molecule has 8 heteroatoms. The van der Waals surface area contributed by atoms with Gasteiger partial charge in [0.1, 0.15) is 6.04 Å². The second kappa shape index (κ2) is 9.19. The van der Waals surface area contributed by atoms with Crippen LogP contribution in [0.1, 0.15) is 37.0 Å². The molecule has 2 rings (SSSR count). The zero-order valence-corrected chi connectivity index (χ0v) is 16.2. The van der Waals surface area contributed by atoms with E-state index in [0.717, 1.165) is 0 Å². The number of hydrogen-bond donors (Lipinski definition) is 3. The fourth-order valence-corrected chi connectivity index (χ4v) is 3.08. The Labute approximate surface area is 163 Å². The molecule has 1 atom stereocenters. The van der Waals surface area contributed by atoms with E-state index in [9.17, 15) is 19.5 Å². The molecule has 1 fully saturated rings. The van der Waals surface area contributed by atoms with Crippen molar-refractivity contribution in [2.75, 3.05) is 19.8 Å². The maximum Gasteiger partial charge on any atom is 0.311 e. The lowest BCUT2D eigenvalue weighted by Crippen LogP contribution is -2.53. The summed E-state index contributed by atoms with van der Waals surface area (Å²) in [4.78, 5) is 36.7. The maximum absolute atomic E-state index is 12.6. The number of rotatable bonds is 7. The molecule has 1 aliphatic rings. The molecule has 1 aromatic rings. The molecule has 3 N–H and O–H groups in total. The van der Waals surface area contributed by atoms with Crippen LogP contribution in [0.3, 0.4) is 0 Å². The lowest BCUT2D eigenvalue weighted by molar-refractivity contribution is -0.154. The summed E-state index contributed by atoms with van der Waals surface area (Å²) in [5.41, 5.74) is -0.639. The molecule has 0 aliphatic carbocycles.